The molecule has 0 bridgehead atoms. The van der Waals surface area contributed by atoms with E-state index in [-0.39, 0.29) is 12.5 Å². The third-order valence-corrected chi connectivity index (χ3v) is 4.33. The van der Waals surface area contributed by atoms with Gasteiger partial charge < -0.3 is 15.0 Å². The van der Waals surface area contributed by atoms with Gasteiger partial charge in [-0.1, -0.05) is 12.1 Å². The van der Waals surface area contributed by atoms with E-state index in [2.05, 4.69) is 15.4 Å². The number of imidazole rings is 1. The van der Waals surface area contributed by atoms with Crippen LogP contribution in [0.2, 0.25) is 0 Å². The first-order chi connectivity index (χ1) is 13.6. The monoisotopic (exact) mass is 379 g/mol. The fourth-order valence-corrected chi connectivity index (χ4v) is 3.08. The van der Waals surface area contributed by atoms with E-state index in [1.165, 1.54) is 28.9 Å². The standard InChI is InChI=1S/C20H18FN5O2/c1-13-12-18(23-19(28)14-6-8-15(21)9-7-14)26(24-13)20-22-16-4-2-3-5-17(16)25(20)10-11-27/h2-9,12,27H,10-11H2,1H3,(H,23,28). The second-order valence-corrected chi connectivity index (χ2v) is 6.32. The SMILES string of the molecule is Cc1cc(NC(=O)c2ccc(F)cc2)n(-c2nc3ccccc3n2CCO)n1. The predicted octanol–water partition coefficient (Wildman–Crippen LogP) is 2.91. The van der Waals surface area contributed by atoms with Crippen LogP contribution in [0.5, 0.6) is 0 Å². The van der Waals surface area contributed by atoms with Crippen molar-refractivity contribution in [2.24, 2.45) is 0 Å². The summed E-state index contributed by atoms with van der Waals surface area (Å²) in [6, 6.07) is 14.6. The summed E-state index contributed by atoms with van der Waals surface area (Å²) in [7, 11) is 0. The number of aliphatic hydroxyl groups is 1. The molecule has 142 valence electrons. The summed E-state index contributed by atoms with van der Waals surface area (Å²) in [5.74, 6) is 0.125. The number of para-hydroxylation sites is 2. The van der Waals surface area contributed by atoms with Gasteiger partial charge in [-0.15, -0.1) is 0 Å². The number of benzene rings is 2. The maximum absolute atomic E-state index is 13.1. The molecule has 2 heterocycles. The fraction of sp³-hybridized carbons (Fsp3) is 0.150. The Balaban J connectivity index is 1.76. The average molecular weight is 379 g/mol. The molecule has 0 aliphatic carbocycles. The summed E-state index contributed by atoms with van der Waals surface area (Å²) in [6.07, 6.45) is 0. The molecule has 0 atom stereocenters. The van der Waals surface area contributed by atoms with E-state index in [9.17, 15) is 14.3 Å². The van der Waals surface area contributed by atoms with Crippen molar-refractivity contribution in [2.45, 2.75) is 13.5 Å². The minimum Gasteiger partial charge on any atom is -0.395 e. The Kier molecular flexibility index (Phi) is 4.62. The van der Waals surface area contributed by atoms with Crippen molar-refractivity contribution in [1.82, 2.24) is 19.3 Å². The number of hydrogen-bond donors (Lipinski definition) is 2. The number of nitrogens with one attached hydrogen (secondary N) is 1. The number of amides is 1. The number of carbonyl (C=O) groups excluding carboxylic acids is 1. The number of halogens is 1. The number of fused-ring (bicyclic) bond motifs is 1. The summed E-state index contributed by atoms with van der Waals surface area (Å²) < 4.78 is 16.5. The van der Waals surface area contributed by atoms with Crippen LogP contribution in [0.15, 0.2) is 54.6 Å². The maximum Gasteiger partial charge on any atom is 0.256 e. The van der Waals surface area contributed by atoms with Gasteiger partial charge in [0, 0.05) is 18.2 Å². The largest absolute Gasteiger partial charge is 0.395 e. The summed E-state index contributed by atoms with van der Waals surface area (Å²) in [6.45, 7) is 2.08. The smallest absolute Gasteiger partial charge is 0.256 e. The highest BCUT2D eigenvalue weighted by atomic mass is 19.1. The van der Waals surface area contributed by atoms with Crippen LogP contribution >= 0.6 is 0 Å². The van der Waals surface area contributed by atoms with E-state index in [4.69, 9.17) is 0 Å². The van der Waals surface area contributed by atoms with Gasteiger partial charge in [-0.05, 0) is 43.3 Å². The molecule has 7 nitrogen and oxygen atoms in total. The molecule has 1 amide bonds. The second-order valence-electron chi connectivity index (χ2n) is 6.32. The molecule has 0 aliphatic heterocycles. The molecule has 0 spiro atoms. The number of hydrogen-bond acceptors (Lipinski definition) is 4. The van der Waals surface area contributed by atoms with Gasteiger partial charge in [0.2, 0.25) is 5.95 Å². The van der Waals surface area contributed by atoms with Crippen LogP contribution in [0.4, 0.5) is 10.2 Å². The van der Waals surface area contributed by atoms with Crippen molar-refractivity contribution in [1.29, 1.82) is 0 Å². The number of anilines is 1. The van der Waals surface area contributed by atoms with E-state index in [1.807, 2.05) is 35.8 Å². The van der Waals surface area contributed by atoms with Gasteiger partial charge in [0.15, 0.2) is 0 Å². The molecule has 4 aromatic rings. The van der Waals surface area contributed by atoms with Crippen molar-refractivity contribution in [3.05, 3.63) is 71.7 Å². The van der Waals surface area contributed by atoms with Crippen molar-refractivity contribution >= 4 is 22.8 Å². The highest BCUT2D eigenvalue weighted by Crippen LogP contribution is 2.23. The number of nitrogens with zero attached hydrogens (tertiary/aromatic N) is 4. The molecule has 0 fully saturated rings. The first-order valence-corrected chi connectivity index (χ1v) is 8.77. The van der Waals surface area contributed by atoms with Crippen LogP contribution < -0.4 is 5.32 Å². The summed E-state index contributed by atoms with van der Waals surface area (Å²) >= 11 is 0. The fourth-order valence-electron chi connectivity index (χ4n) is 3.08. The summed E-state index contributed by atoms with van der Waals surface area (Å²) in [5.41, 5.74) is 2.64. The van der Waals surface area contributed by atoms with E-state index < -0.39 is 5.82 Å². The first kappa shape index (κ1) is 17.9. The Labute approximate surface area is 160 Å². The second kappa shape index (κ2) is 7.24. The molecule has 2 aromatic carbocycles. The zero-order valence-corrected chi connectivity index (χ0v) is 15.1. The molecular formula is C20H18FN5O2. The molecular weight excluding hydrogens is 361 g/mol. The lowest BCUT2D eigenvalue weighted by atomic mass is 10.2. The normalized spacial score (nSPS) is 11.1. The number of carbonyl (C=O) groups is 1. The lowest BCUT2D eigenvalue weighted by Crippen LogP contribution is -2.17. The Morgan fingerprint density at radius 1 is 1.18 bits per heavy atom. The lowest BCUT2D eigenvalue weighted by molar-refractivity contribution is 0.102. The average Bonchev–Trinajstić information content (AvgIpc) is 3.23. The highest BCUT2D eigenvalue weighted by molar-refractivity contribution is 6.03. The molecule has 4 rings (SSSR count). The zero-order valence-electron chi connectivity index (χ0n) is 15.1. The Morgan fingerprint density at radius 3 is 2.68 bits per heavy atom. The van der Waals surface area contributed by atoms with Crippen LogP contribution in [-0.2, 0) is 6.54 Å². The highest BCUT2D eigenvalue weighted by Gasteiger charge is 2.18. The Morgan fingerprint density at radius 2 is 1.93 bits per heavy atom. The topological polar surface area (TPSA) is 85.0 Å². The predicted molar refractivity (Wildman–Crippen MR) is 103 cm³/mol. The van der Waals surface area contributed by atoms with Crippen LogP contribution in [-0.4, -0.2) is 37.0 Å². The van der Waals surface area contributed by atoms with Crippen LogP contribution in [0.25, 0.3) is 17.0 Å². The van der Waals surface area contributed by atoms with E-state index in [1.54, 1.807) is 6.07 Å². The third-order valence-electron chi connectivity index (χ3n) is 4.33. The molecule has 0 aliphatic rings. The van der Waals surface area contributed by atoms with Crippen molar-refractivity contribution in [2.75, 3.05) is 11.9 Å². The van der Waals surface area contributed by atoms with Crippen LogP contribution in [0, 0.1) is 12.7 Å². The number of aryl methyl sites for hydroxylation is 1. The van der Waals surface area contributed by atoms with Gasteiger partial charge >= 0.3 is 0 Å². The van der Waals surface area contributed by atoms with Crippen LogP contribution in [0.1, 0.15) is 16.1 Å². The molecule has 0 saturated carbocycles. The molecule has 0 saturated heterocycles. The molecule has 0 unspecified atom stereocenters. The first-order valence-electron chi connectivity index (χ1n) is 8.77. The van der Waals surface area contributed by atoms with Crippen molar-refractivity contribution in [3.63, 3.8) is 0 Å². The lowest BCUT2D eigenvalue weighted by Gasteiger charge is -2.11. The quantitative estimate of drug-likeness (QED) is 0.558. The number of aromatic nitrogens is 4. The van der Waals surface area contributed by atoms with Crippen molar-refractivity contribution < 1.29 is 14.3 Å². The van der Waals surface area contributed by atoms with Gasteiger partial charge in [0.25, 0.3) is 5.91 Å². The molecule has 2 aromatic heterocycles. The number of rotatable bonds is 5. The van der Waals surface area contributed by atoms with E-state index >= 15 is 0 Å². The Bertz CT molecular complexity index is 1150. The molecule has 8 heteroatoms. The van der Waals surface area contributed by atoms with E-state index in [0.29, 0.717) is 29.6 Å². The minimum absolute atomic E-state index is 0.0646. The zero-order chi connectivity index (χ0) is 19.7. The minimum atomic E-state index is -0.407. The molecule has 0 radical (unpaired) electrons. The molecule has 2 N–H and O–H groups in total. The Hall–Kier alpha value is -3.52. The summed E-state index contributed by atoms with van der Waals surface area (Å²) in [4.78, 5) is 17.2. The van der Waals surface area contributed by atoms with Gasteiger partial charge in [-0.3, -0.25) is 4.79 Å². The van der Waals surface area contributed by atoms with Crippen molar-refractivity contribution in [3.8, 4) is 5.95 Å². The van der Waals surface area contributed by atoms with Gasteiger partial charge in [0.05, 0.1) is 23.3 Å². The van der Waals surface area contributed by atoms with Crippen LogP contribution in [0.3, 0.4) is 0 Å². The summed E-state index contributed by atoms with van der Waals surface area (Å²) in [5, 5.41) is 16.7. The maximum atomic E-state index is 13.1. The third kappa shape index (κ3) is 3.25. The van der Waals surface area contributed by atoms with Gasteiger partial charge in [-0.25, -0.2) is 9.37 Å². The van der Waals surface area contributed by atoms with Gasteiger partial charge in [-0.2, -0.15) is 9.78 Å². The van der Waals surface area contributed by atoms with Gasteiger partial charge in [0.1, 0.15) is 11.6 Å². The molecule has 28 heavy (non-hydrogen) atoms. The van der Waals surface area contributed by atoms with E-state index in [0.717, 1.165) is 11.0 Å². The number of aliphatic hydroxyl groups excluding tert-OH is 1.